The average Bonchev–Trinajstić information content (AvgIpc) is 2.70. The lowest BCUT2D eigenvalue weighted by molar-refractivity contribution is 0.756. The van der Waals surface area contributed by atoms with Crippen molar-refractivity contribution >= 4 is 11.6 Å². The van der Waals surface area contributed by atoms with Crippen LogP contribution in [0.1, 0.15) is 24.2 Å². The van der Waals surface area contributed by atoms with E-state index in [-0.39, 0.29) is 6.04 Å². The molecule has 1 atom stereocenters. The van der Waals surface area contributed by atoms with Crippen molar-refractivity contribution in [3.63, 3.8) is 0 Å². The van der Waals surface area contributed by atoms with E-state index in [1.165, 1.54) is 0 Å². The molecule has 1 heterocycles. The maximum Gasteiger partial charge on any atom is 0.0995 e. The van der Waals surface area contributed by atoms with E-state index in [0.717, 1.165) is 16.9 Å². The Balaban J connectivity index is 2.46. The van der Waals surface area contributed by atoms with Gasteiger partial charge in [-0.25, -0.2) is 4.68 Å². The van der Waals surface area contributed by atoms with Crippen LogP contribution in [-0.2, 0) is 0 Å². The van der Waals surface area contributed by atoms with Gasteiger partial charge in [0.2, 0.25) is 0 Å². The quantitative estimate of drug-likeness (QED) is 0.870. The molecule has 0 amide bonds. The topological polar surface area (TPSA) is 56.7 Å². The van der Waals surface area contributed by atoms with E-state index in [4.69, 9.17) is 17.3 Å². The van der Waals surface area contributed by atoms with Gasteiger partial charge in [0.05, 0.1) is 22.6 Å². The summed E-state index contributed by atoms with van der Waals surface area (Å²) in [5.41, 5.74) is 8.41. The molecule has 1 unspecified atom stereocenters. The van der Waals surface area contributed by atoms with Crippen molar-refractivity contribution in [2.24, 2.45) is 5.73 Å². The Labute approximate surface area is 99.0 Å². The molecule has 4 nitrogen and oxygen atoms in total. The third-order valence-electron chi connectivity index (χ3n) is 2.33. The molecule has 1 aromatic carbocycles. The monoisotopic (exact) mass is 236 g/mol. The lowest BCUT2D eigenvalue weighted by Gasteiger charge is -2.04. The van der Waals surface area contributed by atoms with E-state index in [2.05, 4.69) is 10.3 Å². The summed E-state index contributed by atoms with van der Waals surface area (Å²) in [5.74, 6) is 0. The molecular formula is C11H13ClN4. The van der Waals surface area contributed by atoms with Crippen molar-refractivity contribution in [1.82, 2.24) is 15.0 Å². The molecule has 0 saturated heterocycles. The van der Waals surface area contributed by atoms with E-state index >= 15 is 0 Å². The van der Waals surface area contributed by atoms with Gasteiger partial charge >= 0.3 is 0 Å². The van der Waals surface area contributed by atoms with E-state index < -0.39 is 0 Å². The highest BCUT2D eigenvalue weighted by Gasteiger charge is 2.09. The van der Waals surface area contributed by atoms with Gasteiger partial charge in [-0.1, -0.05) is 22.9 Å². The summed E-state index contributed by atoms with van der Waals surface area (Å²) in [6.07, 6.45) is 1.80. The molecule has 2 rings (SSSR count). The normalized spacial score (nSPS) is 12.8. The summed E-state index contributed by atoms with van der Waals surface area (Å²) < 4.78 is 1.65. The summed E-state index contributed by atoms with van der Waals surface area (Å²) in [5, 5.41) is 8.65. The van der Waals surface area contributed by atoms with Gasteiger partial charge < -0.3 is 5.73 Å². The summed E-state index contributed by atoms with van der Waals surface area (Å²) in [6.45, 7) is 3.87. The summed E-state index contributed by atoms with van der Waals surface area (Å²) in [7, 11) is 0. The molecule has 0 bridgehead atoms. The van der Waals surface area contributed by atoms with Crippen LogP contribution in [0.25, 0.3) is 5.69 Å². The molecule has 0 aliphatic carbocycles. The molecule has 2 N–H and O–H groups in total. The van der Waals surface area contributed by atoms with Crippen molar-refractivity contribution in [3.05, 3.63) is 40.7 Å². The largest absolute Gasteiger partial charge is 0.323 e. The maximum absolute atomic E-state index is 6.10. The summed E-state index contributed by atoms with van der Waals surface area (Å²) in [4.78, 5) is 0. The molecule has 5 heteroatoms. The highest BCUT2D eigenvalue weighted by Crippen LogP contribution is 2.21. The van der Waals surface area contributed by atoms with Crippen molar-refractivity contribution in [2.75, 3.05) is 0 Å². The van der Waals surface area contributed by atoms with E-state index in [0.29, 0.717) is 5.02 Å². The van der Waals surface area contributed by atoms with Gasteiger partial charge in [-0.15, -0.1) is 5.10 Å². The van der Waals surface area contributed by atoms with E-state index in [1.807, 2.05) is 32.0 Å². The molecule has 0 radical (unpaired) electrons. The van der Waals surface area contributed by atoms with Gasteiger partial charge in [-0.2, -0.15) is 0 Å². The number of nitrogens with zero attached hydrogens (tertiary/aromatic N) is 3. The lowest BCUT2D eigenvalue weighted by Crippen LogP contribution is -2.04. The van der Waals surface area contributed by atoms with Gasteiger partial charge in [-0.05, 0) is 31.5 Å². The first-order chi connectivity index (χ1) is 7.58. The maximum atomic E-state index is 6.10. The molecule has 84 valence electrons. The molecule has 0 spiro atoms. The highest BCUT2D eigenvalue weighted by atomic mass is 35.5. The molecule has 0 aliphatic heterocycles. The molecule has 1 aromatic heterocycles. The highest BCUT2D eigenvalue weighted by molar-refractivity contribution is 6.32. The van der Waals surface area contributed by atoms with E-state index in [1.54, 1.807) is 10.9 Å². The third-order valence-corrected chi connectivity index (χ3v) is 2.65. The Bertz CT molecular complexity index is 504. The number of aryl methyl sites for hydroxylation is 1. The Morgan fingerprint density at radius 1 is 1.44 bits per heavy atom. The van der Waals surface area contributed by atoms with Crippen molar-refractivity contribution < 1.29 is 0 Å². The molecule has 0 fully saturated rings. The summed E-state index contributed by atoms with van der Waals surface area (Å²) in [6, 6.07) is 5.63. The van der Waals surface area contributed by atoms with Crippen LogP contribution in [0.2, 0.25) is 5.02 Å². The molecule has 16 heavy (non-hydrogen) atoms. The zero-order valence-electron chi connectivity index (χ0n) is 9.18. The fourth-order valence-electron chi connectivity index (χ4n) is 1.40. The minimum atomic E-state index is -0.127. The summed E-state index contributed by atoms with van der Waals surface area (Å²) >= 11 is 6.10. The predicted octanol–water partition coefficient (Wildman–Crippen LogP) is 2.25. The number of halogens is 1. The second kappa shape index (κ2) is 4.23. The molecule has 0 aliphatic rings. The zero-order chi connectivity index (χ0) is 11.7. The Hall–Kier alpha value is -1.39. The fraction of sp³-hybridized carbons (Fsp3) is 0.273. The van der Waals surface area contributed by atoms with Crippen LogP contribution in [0.15, 0.2) is 24.4 Å². The molecular weight excluding hydrogens is 224 g/mol. The predicted molar refractivity (Wildman–Crippen MR) is 63.7 cm³/mol. The van der Waals surface area contributed by atoms with Crippen LogP contribution in [0.3, 0.4) is 0 Å². The molecule has 0 saturated carbocycles. The minimum absolute atomic E-state index is 0.127. The number of hydrogen-bond acceptors (Lipinski definition) is 3. The molecule has 2 aromatic rings. The third kappa shape index (κ3) is 2.08. The number of hydrogen-bond donors (Lipinski definition) is 1. The first kappa shape index (κ1) is 11.1. The number of benzene rings is 1. The van der Waals surface area contributed by atoms with Crippen LogP contribution >= 0.6 is 11.6 Å². The van der Waals surface area contributed by atoms with E-state index in [9.17, 15) is 0 Å². The first-order valence-corrected chi connectivity index (χ1v) is 5.40. The fourth-order valence-corrected chi connectivity index (χ4v) is 1.61. The van der Waals surface area contributed by atoms with Crippen molar-refractivity contribution in [2.45, 2.75) is 19.9 Å². The van der Waals surface area contributed by atoms with Crippen LogP contribution in [0, 0.1) is 6.92 Å². The number of nitrogens with two attached hydrogens (primary N) is 1. The Morgan fingerprint density at radius 2 is 2.19 bits per heavy atom. The average molecular weight is 237 g/mol. The van der Waals surface area contributed by atoms with Crippen LogP contribution < -0.4 is 5.73 Å². The smallest absolute Gasteiger partial charge is 0.0995 e. The Kier molecular flexibility index (Phi) is 2.94. The van der Waals surface area contributed by atoms with Gasteiger partial charge in [0.1, 0.15) is 0 Å². The van der Waals surface area contributed by atoms with Crippen molar-refractivity contribution in [1.29, 1.82) is 0 Å². The second-order valence-corrected chi connectivity index (χ2v) is 4.24. The Morgan fingerprint density at radius 3 is 2.81 bits per heavy atom. The van der Waals surface area contributed by atoms with Gasteiger partial charge in [-0.3, -0.25) is 0 Å². The number of aromatic nitrogens is 3. The van der Waals surface area contributed by atoms with Crippen LogP contribution in [-0.4, -0.2) is 15.0 Å². The van der Waals surface area contributed by atoms with Gasteiger partial charge in [0.15, 0.2) is 0 Å². The van der Waals surface area contributed by atoms with Gasteiger partial charge in [0.25, 0.3) is 0 Å². The number of rotatable bonds is 2. The van der Waals surface area contributed by atoms with Crippen LogP contribution in [0.5, 0.6) is 0 Å². The van der Waals surface area contributed by atoms with Crippen molar-refractivity contribution in [3.8, 4) is 5.69 Å². The lowest BCUT2D eigenvalue weighted by atomic mass is 10.2. The van der Waals surface area contributed by atoms with Gasteiger partial charge in [0, 0.05) is 6.04 Å². The zero-order valence-corrected chi connectivity index (χ0v) is 9.94. The standard InChI is InChI=1S/C11H13ClN4/c1-7-3-4-9(12)11(5-7)16-6-10(8(2)13)14-15-16/h3-6,8H,13H2,1-2H3. The first-order valence-electron chi connectivity index (χ1n) is 5.02. The van der Waals surface area contributed by atoms with Crippen LogP contribution in [0.4, 0.5) is 0 Å². The second-order valence-electron chi connectivity index (χ2n) is 3.83. The minimum Gasteiger partial charge on any atom is -0.323 e. The SMILES string of the molecule is Cc1ccc(Cl)c(-n2cc(C(C)N)nn2)c1.